The first-order valence-corrected chi connectivity index (χ1v) is 8.49. The maximum absolute atomic E-state index is 12.3. The third kappa shape index (κ3) is 4.94. The molecule has 2 aromatic rings. The smallest absolute Gasteiger partial charge is 0.185 e. The molecule has 0 saturated heterocycles. The Labute approximate surface area is 152 Å². The van der Waals surface area contributed by atoms with Crippen LogP contribution < -0.4 is 4.74 Å². The molecule has 0 atom stereocenters. The molecule has 0 aliphatic rings. The number of nitrogens with zero attached hydrogens (tertiary/aromatic N) is 3. The number of ether oxygens (including phenoxy) is 1. The zero-order chi connectivity index (χ0) is 18.2. The van der Waals surface area contributed by atoms with E-state index in [1.807, 2.05) is 13.0 Å². The molecule has 0 spiro atoms. The average molecular weight is 358 g/mol. The summed E-state index contributed by atoms with van der Waals surface area (Å²) in [7, 11) is 0. The monoisotopic (exact) mass is 357 g/mol. The summed E-state index contributed by atoms with van der Waals surface area (Å²) in [5.74, 6) is 0.418. The van der Waals surface area contributed by atoms with Crippen molar-refractivity contribution in [2.75, 3.05) is 6.61 Å². The van der Waals surface area contributed by atoms with Crippen molar-refractivity contribution < 1.29 is 9.53 Å². The number of aryl methyl sites for hydroxylation is 2. The van der Waals surface area contributed by atoms with E-state index in [1.54, 1.807) is 35.0 Å². The number of ketones is 1. The third-order valence-electron chi connectivity index (χ3n) is 3.68. The molecule has 0 aliphatic heterocycles. The predicted octanol–water partition coefficient (Wildman–Crippen LogP) is 4.44. The predicted molar refractivity (Wildman–Crippen MR) is 97.8 cm³/mol. The summed E-state index contributed by atoms with van der Waals surface area (Å²) in [6, 6.07) is 8.56. The van der Waals surface area contributed by atoms with Crippen molar-refractivity contribution in [2.45, 2.75) is 33.2 Å². The molecule has 0 bridgehead atoms. The van der Waals surface area contributed by atoms with E-state index >= 15 is 0 Å². The van der Waals surface area contributed by atoms with Crippen LogP contribution in [-0.4, -0.2) is 22.2 Å². The normalized spacial score (nSPS) is 10.8. The Kier molecular flexibility index (Phi) is 6.79. The summed E-state index contributed by atoms with van der Waals surface area (Å²) in [4.78, 5) is 12.3. The lowest BCUT2D eigenvalue weighted by Gasteiger charge is -2.02. The lowest BCUT2D eigenvalue weighted by Crippen LogP contribution is -1.99. The summed E-state index contributed by atoms with van der Waals surface area (Å²) in [6.07, 6.45) is 5.26. The molecule has 0 radical (unpaired) electrons. The van der Waals surface area contributed by atoms with Crippen molar-refractivity contribution >= 4 is 23.5 Å². The van der Waals surface area contributed by atoms with Gasteiger partial charge >= 0.3 is 0 Å². The van der Waals surface area contributed by atoms with Crippen LogP contribution in [-0.2, 0) is 6.54 Å². The Morgan fingerprint density at radius 3 is 2.76 bits per heavy atom. The van der Waals surface area contributed by atoms with Gasteiger partial charge in [0.25, 0.3) is 0 Å². The Balaban J connectivity index is 2.10. The van der Waals surface area contributed by atoms with Gasteiger partial charge in [-0.15, -0.1) is 0 Å². The highest BCUT2D eigenvalue weighted by Gasteiger charge is 2.11. The zero-order valence-corrected chi connectivity index (χ0v) is 15.1. The quantitative estimate of drug-likeness (QED) is 0.517. The van der Waals surface area contributed by atoms with Crippen LogP contribution in [0.1, 0.15) is 41.4 Å². The molecule has 0 N–H and O–H groups in total. The Hall–Kier alpha value is -2.58. The van der Waals surface area contributed by atoms with Crippen molar-refractivity contribution in [3.05, 3.63) is 52.3 Å². The maximum Gasteiger partial charge on any atom is 0.185 e. The van der Waals surface area contributed by atoms with E-state index < -0.39 is 0 Å². The topological polar surface area (TPSA) is 67.9 Å². The number of nitriles is 1. The van der Waals surface area contributed by atoms with Gasteiger partial charge in [-0.3, -0.25) is 9.48 Å². The lowest BCUT2D eigenvalue weighted by atomic mass is 10.1. The van der Waals surface area contributed by atoms with Gasteiger partial charge in [-0.25, -0.2) is 0 Å². The number of allylic oxidation sites excluding steroid dienone is 1. The molecule has 0 saturated carbocycles. The number of unbranched alkanes of at least 4 members (excludes halogenated alkanes) is 1. The number of rotatable bonds is 8. The molecule has 0 fully saturated rings. The van der Waals surface area contributed by atoms with E-state index in [2.05, 4.69) is 12.0 Å². The van der Waals surface area contributed by atoms with Crippen molar-refractivity contribution in [1.29, 1.82) is 5.26 Å². The number of carbonyl (C=O) groups is 1. The Morgan fingerprint density at radius 1 is 1.40 bits per heavy atom. The van der Waals surface area contributed by atoms with E-state index in [0.717, 1.165) is 30.6 Å². The van der Waals surface area contributed by atoms with E-state index in [9.17, 15) is 4.79 Å². The van der Waals surface area contributed by atoms with Crippen LogP contribution in [0, 0.1) is 18.3 Å². The lowest BCUT2D eigenvalue weighted by molar-refractivity contribution is 0.104. The van der Waals surface area contributed by atoms with Crippen molar-refractivity contribution in [1.82, 2.24) is 9.78 Å². The van der Waals surface area contributed by atoms with Crippen molar-refractivity contribution in [3.8, 4) is 11.8 Å². The standard InChI is InChI=1S/C19H20ClN3O2/c1-3-4-12-23-19(20)17(14(2)22-23)9-10-18(24)15-5-7-16(8-6-15)25-13-11-21/h5-10H,3-4,12-13H2,1-2H3/b10-9+. The summed E-state index contributed by atoms with van der Waals surface area (Å²) in [6.45, 7) is 4.73. The average Bonchev–Trinajstić information content (AvgIpc) is 2.89. The summed E-state index contributed by atoms with van der Waals surface area (Å²) >= 11 is 6.36. The maximum atomic E-state index is 12.3. The highest BCUT2D eigenvalue weighted by atomic mass is 35.5. The van der Waals surface area contributed by atoms with Gasteiger partial charge in [-0.2, -0.15) is 10.4 Å². The molecule has 0 unspecified atom stereocenters. The molecule has 5 nitrogen and oxygen atoms in total. The van der Waals surface area contributed by atoms with Crippen LogP contribution in [0.15, 0.2) is 30.3 Å². The number of carbonyl (C=O) groups excluding carboxylic acids is 1. The fourth-order valence-corrected chi connectivity index (χ4v) is 2.62. The van der Waals surface area contributed by atoms with Gasteiger partial charge < -0.3 is 4.74 Å². The molecule has 6 heteroatoms. The molecular formula is C19H20ClN3O2. The molecule has 130 valence electrons. The van der Waals surface area contributed by atoms with Gasteiger partial charge in [-0.1, -0.05) is 24.9 Å². The van der Waals surface area contributed by atoms with E-state index in [0.29, 0.717) is 16.5 Å². The molecule has 1 heterocycles. The molecule has 0 aliphatic carbocycles. The van der Waals surface area contributed by atoms with Crippen LogP contribution in [0.5, 0.6) is 5.75 Å². The zero-order valence-electron chi connectivity index (χ0n) is 14.3. The third-order valence-corrected chi connectivity index (χ3v) is 4.08. The molecule has 0 amide bonds. The molecule has 1 aromatic heterocycles. The van der Waals surface area contributed by atoms with Gasteiger partial charge in [-0.05, 0) is 49.8 Å². The van der Waals surface area contributed by atoms with Crippen molar-refractivity contribution in [3.63, 3.8) is 0 Å². The Morgan fingerprint density at radius 2 is 2.12 bits per heavy atom. The fraction of sp³-hybridized carbons (Fsp3) is 0.316. The second-order valence-electron chi connectivity index (χ2n) is 5.54. The second-order valence-corrected chi connectivity index (χ2v) is 5.89. The number of hydrogen-bond donors (Lipinski definition) is 0. The number of benzene rings is 1. The minimum atomic E-state index is -0.136. The Bertz CT molecular complexity index is 801. The molecular weight excluding hydrogens is 338 g/mol. The first-order valence-electron chi connectivity index (χ1n) is 8.12. The van der Waals surface area contributed by atoms with Gasteiger partial charge in [0, 0.05) is 17.7 Å². The first kappa shape index (κ1) is 18.8. The minimum absolute atomic E-state index is 0.0208. The second kappa shape index (κ2) is 9.05. The van der Waals surface area contributed by atoms with E-state index in [-0.39, 0.29) is 12.4 Å². The highest BCUT2D eigenvalue weighted by Crippen LogP contribution is 2.22. The van der Waals surface area contributed by atoms with Gasteiger partial charge in [0.05, 0.1) is 5.69 Å². The van der Waals surface area contributed by atoms with E-state index in [1.165, 1.54) is 6.08 Å². The summed E-state index contributed by atoms with van der Waals surface area (Å²) in [5, 5.41) is 13.5. The van der Waals surface area contributed by atoms with Gasteiger partial charge in [0.1, 0.15) is 17.0 Å². The first-order chi connectivity index (χ1) is 12.1. The van der Waals surface area contributed by atoms with E-state index in [4.69, 9.17) is 21.6 Å². The minimum Gasteiger partial charge on any atom is -0.479 e. The van der Waals surface area contributed by atoms with Crippen LogP contribution in [0.2, 0.25) is 5.15 Å². The van der Waals surface area contributed by atoms with Crippen LogP contribution >= 0.6 is 11.6 Å². The number of hydrogen-bond acceptors (Lipinski definition) is 4. The van der Waals surface area contributed by atoms with Crippen molar-refractivity contribution in [2.24, 2.45) is 0 Å². The number of aromatic nitrogens is 2. The summed E-state index contributed by atoms with van der Waals surface area (Å²) in [5.41, 5.74) is 2.10. The molecule has 1 aromatic carbocycles. The highest BCUT2D eigenvalue weighted by molar-refractivity contribution is 6.31. The van der Waals surface area contributed by atoms with Crippen LogP contribution in [0.3, 0.4) is 0 Å². The van der Waals surface area contributed by atoms with Crippen LogP contribution in [0.25, 0.3) is 6.08 Å². The SMILES string of the molecule is CCCCn1nc(C)c(/C=C/C(=O)c2ccc(OCC#N)cc2)c1Cl. The van der Waals surface area contributed by atoms with Crippen LogP contribution in [0.4, 0.5) is 0 Å². The molecule has 2 rings (SSSR count). The fourth-order valence-electron chi connectivity index (χ4n) is 2.30. The van der Waals surface area contributed by atoms with Gasteiger partial charge in [0.2, 0.25) is 0 Å². The van der Waals surface area contributed by atoms with Gasteiger partial charge in [0.15, 0.2) is 12.4 Å². The summed E-state index contributed by atoms with van der Waals surface area (Å²) < 4.78 is 6.94. The number of halogens is 1. The molecule has 25 heavy (non-hydrogen) atoms. The largest absolute Gasteiger partial charge is 0.479 e.